The molecule has 0 aromatic carbocycles. The predicted molar refractivity (Wildman–Crippen MR) is 95.5 cm³/mol. The van der Waals surface area contributed by atoms with Crippen molar-refractivity contribution in [2.45, 2.75) is 31.3 Å². The molecule has 0 bridgehead atoms. The zero-order valence-electron chi connectivity index (χ0n) is 14.9. The molecule has 1 spiro atoms. The molecular weight excluding hydrogens is 336 g/mol. The lowest BCUT2D eigenvalue weighted by Crippen LogP contribution is -2.50. The van der Waals surface area contributed by atoms with Gasteiger partial charge in [0.25, 0.3) is 0 Å². The van der Waals surface area contributed by atoms with Crippen LogP contribution >= 0.6 is 0 Å². The Hall–Kier alpha value is -2.13. The minimum atomic E-state index is -0.667. The summed E-state index contributed by atoms with van der Waals surface area (Å²) in [4.78, 5) is 22.9. The van der Waals surface area contributed by atoms with Gasteiger partial charge >= 0.3 is 0 Å². The number of fused-ring (bicyclic) bond motifs is 1. The van der Waals surface area contributed by atoms with Crippen LogP contribution in [-0.2, 0) is 16.0 Å². The van der Waals surface area contributed by atoms with Crippen LogP contribution in [0.5, 0.6) is 5.88 Å². The van der Waals surface area contributed by atoms with E-state index in [-0.39, 0.29) is 11.9 Å². The number of nitrogens with two attached hydrogens (primary N) is 2. The molecule has 0 saturated carbocycles. The molecule has 2 fully saturated rings. The Morgan fingerprint density at radius 2 is 2.12 bits per heavy atom. The number of nitrogens with one attached hydrogen (secondary N) is 1. The largest absolute Gasteiger partial charge is 0.466 e. The topological polar surface area (TPSA) is 129 Å². The maximum atomic E-state index is 12.9. The van der Waals surface area contributed by atoms with Gasteiger partial charge < -0.3 is 31.2 Å². The number of ether oxygens (including phenoxy) is 2. The van der Waals surface area contributed by atoms with Crippen molar-refractivity contribution in [1.82, 2.24) is 20.2 Å². The number of amides is 1. The summed E-state index contributed by atoms with van der Waals surface area (Å²) in [5, 5.41) is 3.34. The van der Waals surface area contributed by atoms with E-state index in [0.717, 1.165) is 31.5 Å². The van der Waals surface area contributed by atoms with Gasteiger partial charge in [0.05, 0.1) is 25.3 Å². The molecule has 1 aromatic rings. The number of nitrogens with zero attached hydrogens (tertiary/aromatic N) is 3. The standard InChI is InChI=1S/C17H26N6O3/c18-14-12-8-17(26-15(12)22-16(19)21-14)9-23(5-6-25-10-17)13(24)7-11-1-3-20-4-2-11/h11,20H,1-10H2,(H4,18,19,21,22)/t17-/m1/s1. The summed E-state index contributed by atoms with van der Waals surface area (Å²) >= 11 is 0. The third-order valence-electron chi connectivity index (χ3n) is 5.45. The summed E-state index contributed by atoms with van der Waals surface area (Å²) in [7, 11) is 0. The minimum Gasteiger partial charge on any atom is -0.466 e. The molecule has 5 N–H and O–H groups in total. The quantitative estimate of drug-likeness (QED) is 0.646. The molecule has 26 heavy (non-hydrogen) atoms. The predicted octanol–water partition coefficient (Wildman–Crippen LogP) is -0.437. The highest BCUT2D eigenvalue weighted by molar-refractivity contribution is 5.76. The summed E-state index contributed by atoms with van der Waals surface area (Å²) < 4.78 is 11.9. The summed E-state index contributed by atoms with van der Waals surface area (Å²) in [6.07, 6.45) is 3.20. The Labute approximate surface area is 152 Å². The van der Waals surface area contributed by atoms with Gasteiger partial charge in [0.15, 0.2) is 5.60 Å². The van der Waals surface area contributed by atoms with Gasteiger partial charge in [-0.1, -0.05) is 0 Å². The number of hydrogen-bond donors (Lipinski definition) is 3. The van der Waals surface area contributed by atoms with E-state index in [0.29, 0.717) is 56.8 Å². The number of anilines is 2. The molecule has 4 heterocycles. The maximum absolute atomic E-state index is 12.9. The van der Waals surface area contributed by atoms with Crippen LogP contribution in [-0.4, -0.2) is 65.8 Å². The number of piperidine rings is 1. The van der Waals surface area contributed by atoms with E-state index in [1.54, 1.807) is 0 Å². The molecule has 1 atom stereocenters. The Morgan fingerprint density at radius 3 is 2.92 bits per heavy atom. The van der Waals surface area contributed by atoms with Crippen molar-refractivity contribution in [1.29, 1.82) is 0 Å². The smallest absolute Gasteiger partial charge is 0.225 e. The molecule has 3 aliphatic heterocycles. The number of carbonyl (C=O) groups excluding carboxylic acids is 1. The fourth-order valence-corrected chi connectivity index (χ4v) is 4.06. The van der Waals surface area contributed by atoms with Crippen molar-refractivity contribution in [3.05, 3.63) is 5.56 Å². The van der Waals surface area contributed by atoms with Crippen LogP contribution in [0.25, 0.3) is 0 Å². The first-order chi connectivity index (χ1) is 12.5. The highest BCUT2D eigenvalue weighted by atomic mass is 16.6. The molecule has 0 unspecified atom stereocenters. The molecule has 9 heteroatoms. The first kappa shape index (κ1) is 17.3. The molecule has 9 nitrogen and oxygen atoms in total. The van der Waals surface area contributed by atoms with Crippen molar-refractivity contribution in [3.63, 3.8) is 0 Å². The van der Waals surface area contributed by atoms with Crippen LogP contribution in [0.15, 0.2) is 0 Å². The molecule has 0 aliphatic carbocycles. The highest BCUT2D eigenvalue weighted by Crippen LogP contribution is 2.38. The molecule has 1 amide bonds. The molecular formula is C17H26N6O3. The van der Waals surface area contributed by atoms with E-state index in [4.69, 9.17) is 20.9 Å². The molecule has 142 valence electrons. The number of nitrogen functional groups attached to an aromatic ring is 2. The summed E-state index contributed by atoms with van der Waals surface area (Å²) in [6, 6.07) is 0. The second-order valence-corrected chi connectivity index (χ2v) is 7.48. The summed E-state index contributed by atoms with van der Waals surface area (Å²) in [5.41, 5.74) is 11.7. The fraction of sp³-hybridized carbons (Fsp3) is 0.706. The van der Waals surface area contributed by atoms with Gasteiger partial charge in [-0.3, -0.25) is 4.79 Å². The van der Waals surface area contributed by atoms with Crippen molar-refractivity contribution in [2.24, 2.45) is 5.92 Å². The monoisotopic (exact) mass is 362 g/mol. The van der Waals surface area contributed by atoms with Gasteiger partial charge in [-0.05, 0) is 31.8 Å². The van der Waals surface area contributed by atoms with Crippen molar-refractivity contribution in [3.8, 4) is 5.88 Å². The van der Waals surface area contributed by atoms with Crippen LogP contribution in [0.4, 0.5) is 11.8 Å². The van der Waals surface area contributed by atoms with E-state index >= 15 is 0 Å². The van der Waals surface area contributed by atoms with Crippen LogP contribution in [0.3, 0.4) is 0 Å². The molecule has 2 saturated heterocycles. The third-order valence-corrected chi connectivity index (χ3v) is 5.45. The zero-order valence-corrected chi connectivity index (χ0v) is 14.9. The Morgan fingerprint density at radius 1 is 1.31 bits per heavy atom. The second-order valence-electron chi connectivity index (χ2n) is 7.48. The maximum Gasteiger partial charge on any atom is 0.225 e. The van der Waals surface area contributed by atoms with Gasteiger partial charge in [-0.15, -0.1) is 0 Å². The molecule has 1 aromatic heterocycles. The number of rotatable bonds is 2. The third kappa shape index (κ3) is 3.41. The van der Waals surface area contributed by atoms with Gasteiger partial charge in [0.2, 0.25) is 17.7 Å². The van der Waals surface area contributed by atoms with Gasteiger partial charge in [0, 0.05) is 19.4 Å². The van der Waals surface area contributed by atoms with Crippen molar-refractivity contribution >= 4 is 17.7 Å². The average molecular weight is 362 g/mol. The van der Waals surface area contributed by atoms with Gasteiger partial charge in [0.1, 0.15) is 5.82 Å². The first-order valence-corrected chi connectivity index (χ1v) is 9.22. The molecule has 3 aliphatic rings. The normalized spacial score (nSPS) is 26.4. The molecule has 0 radical (unpaired) electrons. The lowest BCUT2D eigenvalue weighted by molar-refractivity contribution is -0.134. The van der Waals surface area contributed by atoms with Gasteiger partial charge in [-0.25, -0.2) is 0 Å². The second kappa shape index (κ2) is 6.88. The SMILES string of the molecule is Nc1nc(N)c2c(n1)O[C@]1(COCCN(C(=O)CC3CCNCC3)C1)C2. The first-order valence-electron chi connectivity index (χ1n) is 9.22. The zero-order chi connectivity index (χ0) is 18.1. The number of hydrogen-bond acceptors (Lipinski definition) is 8. The fourth-order valence-electron chi connectivity index (χ4n) is 4.06. The molecule has 4 rings (SSSR count). The summed E-state index contributed by atoms with van der Waals surface area (Å²) in [6.45, 7) is 3.91. The van der Waals surface area contributed by atoms with Crippen LogP contribution < -0.4 is 21.5 Å². The van der Waals surface area contributed by atoms with Crippen molar-refractivity contribution in [2.75, 3.05) is 50.9 Å². The van der Waals surface area contributed by atoms with Crippen molar-refractivity contribution < 1.29 is 14.3 Å². The summed E-state index contributed by atoms with van der Waals surface area (Å²) in [5.74, 6) is 1.45. The van der Waals surface area contributed by atoms with Crippen LogP contribution in [0, 0.1) is 5.92 Å². The Balaban J connectivity index is 1.48. The number of carbonyl (C=O) groups is 1. The average Bonchev–Trinajstić information content (AvgIpc) is 2.83. The van der Waals surface area contributed by atoms with Gasteiger partial charge in [-0.2, -0.15) is 9.97 Å². The van der Waals surface area contributed by atoms with E-state index in [1.807, 2.05) is 4.90 Å². The lowest BCUT2D eigenvalue weighted by Gasteiger charge is -2.32. The Kier molecular flexibility index (Phi) is 4.58. The highest BCUT2D eigenvalue weighted by Gasteiger charge is 2.45. The van der Waals surface area contributed by atoms with Crippen LogP contribution in [0.2, 0.25) is 0 Å². The Bertz CT molecular complexity index is 693. The van der Waals surface area contributed by atoms with E-state index < -0.39 is 5.60 Å². The number of aromatic nitrogens is 2. The minimum absolute atomic E-state index is 0.0895. The van der Waals surface area contributed by atoms with E-state index in [1.165, 1.54) is 0 Å². The van der Waals surface area contributed by atoms with E-state index in [9.17, 15) is 4.79 Å². The van der Waals surface area contributed by atoms with E-state index in [2.05, 4.69) is 15.3 Å². The lowest BCUT2D eigenvalue weighted by atomic mass is 9.93. The van der Waals surface area contributed by atoms with Crippen LogP contribution in [0.1, 0.15) is 24.8 Å².